The number of ether oxygens (including phenoxy) is 2. The molecule has 2 aromatic rings. The molecule has 47 heavy (non-hydrogen) atoms. The highest BCUT2D eigenvalue weighted by Gasteiger charge is 2.34. The van der Waals surface area contributed by atoms with Gasteiger partial charge in [-0.25, -0.2) is 15.1 Å². The number of benzene rings is 2. The van der Waals surface area contributed by atoms with Crippen LogP contribution in [-0.2, 0) is 30.4 Å². The molecule has 0 fully saturated rings. The minimum absolute atomic E-state index is 0.219. The van der Waals surface area contributed by atoms with E-state index < -0.39 is 48.6 Å². The third-order valence-corrected chi connectivity index (χ3v) is 7.56. The van der Waals surface area contributed by atoms with Crippen LogP contribution in [-0.4, -0.2) is 95.7 Å². The van der Waals surface area contributed by atoms with Gasteiger partial charge in [-0.05, 0) is 84.1 Å². The molecule has 0 radical (unpaired) electrons. The van der Waals surface area contributed by atoms with Crippen LogP contribution < -0.4 is 16.1 Å². The Morgan fingerprint density at radius 2 is 1.60 bits per heavy atom. The van der Waals surface area contributed by atoms with Crippen molar-refractivity contribution in [3.63, 3.8) is 0 Å². The molecule has 0 aromatic heterocycles. The van der Waals surface area contributed by atoms with Gasteiger partial charge in [0, 0.05) is 38.4 Å². The van der Waals surface area contributed by atoms with Crippen LogP contribution in [0.5, 0.6) is 0 Å². The summed E-state index contributed by atoms with van der Waals surface area (Å²) in [6, 6.07) is 11.7. The summed E-state index contributed by atoms with van der Waals surface area (Å²) in [6.45, 7) is 13.8. The summed E-state index contributed by atoms with van der Waals surface area (Å²) in [7, 11) is 0. The Bertz CT molecular complexity index is 1290. The Balaban J connectivity index is 2.40. The van der Waals surface area contributed by atoms with Crippen LogP contribution in [0.25, 0.3) is 10.8 Å². The van der Waals surface area contributed by atoms with Crippen LogP contribution in [0.15, 0.2) is 42.5 Å². The Kier molecular flexibility index (Phi) is 16.4. The number of carboxylic acid groups (broad SMARTS) is 1. The second-order valence-electron chi connectivity index (χ2n) is 12.1. The van der Waals surface area contributed by atoms with E-state index in [0.29, 0.717) is 32.6 Å². The number of fused-ring (bicyclic) bond motifs is 1. The molecule has 13 heteroatoms. The summed E-state index contributed by atoms with van der Waals surface area (Å²) >= 11 is 0. The summed E-state index contributed by atoms with van der Waals surface area (Å²) in [6.07, 6.45) is -0.592. The quantitative estimate of drug-likeness (QED) is 0.0965. The van der Waals surface area contributed by atoms with Crippen LogP contribution in [0.4, 0.5) is 9.59 Å². The van der Waals surface area contributed by atoms with Gasteiger partial charge in [-0.1, -0.05) is 42.5 Å². The topological polar surface area (TPSA) is 159 Å². The van der Waals surface area contributed by atoms with Crippen molar-refractivity contribution in [3.05, 3.63) is 48.0 Å². The van der Waals surface area contributed by atoms with Crippen molar-refractivity contribution >= 4 is 34.7 Å². The molecule has 262 valence electrons. The van der Waals surface area contributed by atoms with Gasteiger partial charge < -0.3 is 35.0 Å². The molecule has 0 bridgehead atoms. The van der Waals surface area contributed by atoms with Crippen LogP contribution in [0.3, 0.4) is 0 Å². The number of nitrogens with one attached hydrogen (secondary N) is 3. The van der Waals surface area contributed by atoms with E-state index in [1.54, 1.807) is 11.8 Å². The van der Waals surface area contributed by atoms with Gasteiger partial charge in [-0.2, -0.15) is 0 Å². The number of unbranched alkanes of at least 4 members (excludes halogenated alkanes) is 1. The highest BCUT2D eigenvalue weighted by atomic mass is 16.7. The first-order chi connectivity index (χ1) is 22.3. The van der Waals surface area contributed by atoms with Crippen molar-refractivity contribution in [2.24, 2.45) is 0 Å². The van der Waals surface area contributed by atoms with Crippen molar-refractivity contribution in [3.8, 4) is 0 Å². The minimum atomic E-state index is -1.02. The lowest BCUT2D eigenvalue weighted by molar-refractivity contribution is -0.180. The Labute approximate surface area is 278 Å². The minimum Gasteiger partial charge on any atom is -0.465 e. The van der Waals surface area contributed by atoms with Crippen molar-refractivity contribution < 1.29 is 38.6 Å². The fourth-order valence-corrected chi connectivity index (χ4v) is 5.23. The van der Waals surface area contributed by atoms with Crippen LogP contribution in [0, 0.1) is 0 Å². The number of hydrogen-bond donors (Lipinski definition) is 4. The standard InChI is InChI=1S/C34H53N5O8/c1-8-35-32(42)37-47-23-29(40)36-28(20-13-14-21-39(33(43)44)34(5,6)7)30(41)38(24(4)31(45-9-2)46-10-3)22-26-18-15-17-25-16-11-12-19-27(25)26/h11-12,15-19,24,28,31H,8-10,13-14,20-23H2,1-7H3,(H,36,40)(H,43,44)(H2,35,37,42)/t24-,28-/m0/s1. The average molecular weight is 660 g/mol. The van der Waals surface area contributed by atoms with E-state index in [4.69, 9.17) is 14.3 Å². The molecule has 0 spiro atoms. The number of carbonyl (C=O) groups is 4. The predicted molar refractivity (Wildman–Crippen MR) is 179 cm³/mol. The van der Waals surface area contributed by atoms with Gasteiger partial charge in [-0.3, -0.25) is 14.4 Å². The van der Waals surface area contributed by atoms with Gasteiger partial charge >= 0.3 is 12.1 Å². The molecule has 2 aromatic carbocycles. The number of rotatable bonds is 19. The number of hydrogen-bond acceptors (Lipinski definition) is 7. The Hall–Kier alpha value is -3.94. The summed E-state index contributed by atoms with van der Waals surface area (Å²) in [4.78, 5) is 59.1. The highest BCUT2D eigenvalue weighted by Crippen LogP contribution is 2.24. The molecule has 5 amide bonds. The summed E-state index contributed by atoms with van der Waals surface area (Å²) < 4.78 is 11.8. The molecule has 0 aliphatic rings. The molecule has 4 N–H and O–H groups in total. The van der Waals surface area contributed by atoms with Gasteiger partial charge in [0.05, 0.1) is 6.04 Å². The second kappa shape index (κ2) is 19.7. The Morgan fingerprint density at radius 3 is 2.21 bits per heavy atom. The van der Waals surface area contributed by atoms with Gasteiger partial charge in [0.25, 0.3) is 0 Å². The van der Waals surface area contributed by atoms with E-state index in [1.165, 1.54) is 4.90 Å². The number of hydroxylamine groups is 1. The van der Waals surface area contributed by atoms with Crippen molar-refractivity contribution in [1.29, 1.82) is 0 Å². The summed E-state index contributed by atoms with van der Waals surface area (Å²) in [5, 5.41) is 17.0. The lowest BCUT2D eigenvalue weighted by Crippen LogP contribution is -2.55. The monoisotopic (exact) mass is 659 g/mol. The number of urea groups is 1. The highest BCUT2D eigenvalue weighted by molar-refractivity contribution is 5.89. The molecule has 0 saturated heterocycles. The molecule has 0 aliphatic carbocycles. The molecule has 2 atom stereocenters. The van der Waals surface area contributed by atoms with Crippen LogP contribution >= 0.6 is 0 Å². The molecule has 0 unspecified atom stereocenters. The van der Waals surface area contributed by atoms with E-state index >= 15 is 0 Å². The number of carbonyl (C=O) groups excluding carboxylic acids is 3. The Morgan fingerprint density at radius 1 is 0.936 bits per heavy atom. The van der Waals surface area contributed by atoms with Crippen molar-refractivity contribution in [1.82, 2.24) is 25.9 Å². The molecular weight excluding hydrogens is 606 g/mol. The fraction of sp³-hybridized carbons (Fsp3) is 0.588. The maximum Gasteiger partial charge on any atom is 0.407 e. The first kappa shape index (κ1) is 39.2. The zero-order chi connectivity index (χ0) is 35.0. The maximum absolute atomic E-state index is 14.5. The number of amides is 5. The normalized spacial score (nSPS) is 12.8. The zero-order valence-corrected chi connectivity index (χ0v) is 28.8. The number of nitrogens with zero attached hydrogens (tertiary/aromatic N) is 2. The molecular formula is C34H53N5O8. The molecule has 2 rings (SSSR count). The van der Waals surface area contributed by atoms with E-state index in [2.05, 4.69) is 16.1 Å². The second-order valence-corrected chi connectivity index (χ2v) is 12.1. The van der Waals surface area contributed by atoms with Gasteiger partial charge in [-0.15, -0.1) is 0 Å². The molecule has 0 heterocycles. The first-order valence-corrected chi connectivity index (χ1v) is 16.3. The lowest BCUT2D eigenvalue weighted by Gasteiger charge is -2.37. The maximum atomic E-state index is 14.5. The summed E-state index contributed by atoms with van der Waals surface area (Å²) in [5.41, 5.74) is 2.46. The summed E-state index contributed by atoms with van der Waals surface area (Å²) in [5.74, 6) is -0.961. The van der Waals surface area contributed by atoms with Gasteiger partial charge in [0.15, 0.2) is 12.9 Å². The lowest BCUT2D eigenvalue weighted by atomic mass is 10.0. The first-order valence-electron chi connectivity index (χ1n) is 16.3. The SMILES string of the molecule is CCNC(=O)NOCC(=O)N[C@@H](CCCCN(C(=O)O)C(C)(C)C)C(=O)N(Cc1cccc2ccccc12)[C@@H](C)C(OCC)OCC. The largest absolute Gasteiger partial charge is 0.465 e. The van der Waals surface area contributed by atoms with Crippen LogP contribution in [0.2, 0.25) is 0 Å². The van der Waals surface area contributed by atoms with E-state index in [9.17, 15) is 24.3 Å². The fourth-order valence-electron chi connectivity index (χ4n) is 5.23. The predicted octanol–water partition coefficient (Wildman–Crippen LogP) is 4.64. The molecule has 0 saturated carbocycles. The van der Waals surface area contributed by atoms with Crippen molar-refractivity contribution in [2.75, 3.05) is 32.9 Å². The van der Waals surface area contributed by atoms with E-state index in [-0.39, 0.29) is 25.4 Å². The third kappa shape index (κ3) is 12.6. The van der Waals surface area contributed by atoms with Gasteiger partial charge in [0.1, 0.15) is 6.04 Å². The smallest absolute Gasteiger partial charge is 0.407 e. The van der Waals surface area contributed by atoms with E-state index in [1.807, 2.05) is 84.0 Å². The average Bonchev–Trinajstić information content (AvgIpc) is 3.01. The van der Waals surface area contributed by atoms with E-state index in [0.717, 1.165) is 16.3 Å². The zero-order valence-electron chi connectivity index (χ0n) is 28.8. The van der Waals surface area contributed by atoms with Gasteiger partial charge in [0.2, 0.25) is 11.8 Å². The van der Waals surface area contributed by atoms with Crippen molar-refractivity contribution in [2.45, 2.75) is 98.2 Å². The molecule has 0 aliphatic heterocycles. The molecule has 13 nitrogen and oxygen atoms in total. The third-order valence-electron chi connectivity index (χ3n) is 7.56. The van der Waals surface area contributed by atoms with Crippen LogP contribution in [0.1, 0.15) is 73.3 Å².